The molecule has 0 heterocycles. The molecule has 0 bridgehead atoms. The number of aliphatic hydroxyl groups excluding tert-OH is 1. The van der Waals surface area contributed by atoms with Gasteiger partial charge in [0.2, 0.25) is 0 Å². The molecule has 0 spiro atoms. The lowest BCUT2D eigenvalue weighted by atomic mass is 9.93. The van der Waals surface area contributed by atoms with Gasteiger partial charge in [0.05, 0.1) is 6.10 Å². The van der Waals surface area contributed by atoms with Crippen molar-refractivity contribution in [2.45, 2.75) is 40.2 Å². The predicted molar refractivity (Wildman–Crippen MR) is 85.5 cm³/mol. The quantitative estimate of drug-likeness (QED) is 0.856. The number of halogens is 1. The van der Waals surface area contributed by atoms with E-state index in [1.165, 1.54) is 16.7 Å². The van der Waals surface area contributed by atoms with Crippen molar-refractivity contribution in [2.75, 3.05) is 0 Å². The number of rotatable bonds is 3. The molecule has 106 valence electrons. The summed E-state index contributed by atoms with van der Waals surface area (Å²) < 4.78 is 0. The fourth-order valence-electron chi connectivity index (χ4n) is 2.50. The van der Waals surface area contributed by atoms with Gasteiger partial charge in [-0.3, -0.25) is 0 Å². The second-order valence-corrected chi connectivity index (χ2v) is 6.02. The molecule has 1 nitrogen and oxygen atoms in total. The summed E-state index contributed by atoms with van der Waals surface area (Å²) in [4.78, 5) is 0. The molecule has 0 fully saturated rings. The fraction of sp³-hybridized carbons (Fsp3) is 0.333. The van der Waals surface area contributed by atoms with Crippen LogP contribution in [-0.2, 0) is 6.42 Å². The summed E-state index contributed by atoms with van der Waals surface area (Å²) in [6.07, 6.45) is 0.140. The zero-order valence-corrected chi connectivity index (χ0v) is 13.3. The van der Waals surface area contributed by atoms with Crippen molar-refractivity contribution >= 4 is 11.6 Å². The summed E-state index contributed by atoms with van der Waals surface area (Å²) in [6.45, 7) is 8.12. The first-order valence-electron chi connectivity index (χ1n) is 6.89. The Morgan fingerprint density at radius 1 is 0.950 bits per heavy atom. The Kier molecular flexibility index (Phi) is 4.52. The minimum absolute atomic E-state index is 0.494. The average Bonchev–Trinajstić information content (AvgIpc) is 2.38. The smallest absolute Gasteiger partial charge is 0.0833 e. The standard InChI is InChI=1S/C18H21ClO/c1-11-5-6-12(2)15(7-11)10-18(20)16-8-14(4)17(19)9-13(16)3/h5-9,18,20H,10H2,1-4H3. The van der Waals surface area contributed by atoms with Crippen LogP contribution in [0.4, 0.5) is 0 Å². The lowest BCUT2D eigenvalue weighted by Crippen LogP contribution is -2.06. The van der Waals surface area contributed by atoms with E-state index >= 15 is 0 Å². The molecule has 2 rings (SSSR count). The van der Waals surface area contributed by atoms with E-state index in [9.17, 15) is 5.11 Å². The van der Waals surface area contributed by atoms with Crippen molar-refractivity contribution in [2.24, 2.45) is 0 Å². The first-order chi connectivity index (χ1) is 9.38. The molecule has 0 aliphatic carbocycles. The molecule has 0 radical (unpaired) electrons. The van der Waals surface area contributed by atoms with E-state index in [4.69, 9.17) is 11.6 Å². The highest BCUT2D eigenvalue weighted by atomic mass is 35.5. The summed E-state index contributed by atoms with van der Waals surface area (Å²) in [5, 5.41) is 11.3. The fourth-order valence-corrected chi connectivity index (χ4v) is 2.72. The first kappa shape index (κ1) is 15.1. The van der Waals surface area contributed by atoms with Crippen LogP contribution in [0.15, 0.2) is 30.3 Å². The molecule has 2 heteroatoms. The van der Waals surface area contributed by atoms with E-state index < -0.39 is 6.10 Å². The number of aryl methyl sites for hydroxylation is 4. The van der Waals surface area contributed by atoms with Gasteiger partial charge in [0.15, 0.2) is 0 Å². The third-order valence-electron chi connectivity index (χ3n) is 3.82. The van der Waals surface area contributed by atoms with E-state index in [1.54, 1.807) is 0 Å². The van der Waals surface area contributed by atoms with E-state index in [1.807, 2.05) is 26.0 Å². The third-order valence-corrected chi connectivity index (χ3v) is 4.23. The molecule has 20 heavy (non-hydrogen) atoms. The molecule has 2 aromatic carbocycles. The molecule has 0 aromatic heterocycles. The second-order valence-electron chi connectivity index (χ2n) is 5.61. The Labute approximate surface area is 126 Å². The number of benzene rings is 2. The Bertz CT molecular complexity index is 632. The van der Waals surface area contributed by atoms with Gasteiger partial charge in [0.25, 0.3) is 0 Å². The van der Waals surface area contributed by atoms with Crippen LogP contribution in [0.2, 0.25) is 5.02 Å². The van der Waals surface area contributed by atoms with Crippen molar-refractivity contribution in [3.63, 3.8) is 0 Å². The zero-order valence-electron chi connectivity index (χ0n) is 12.5. The predicted octanol–water partition coefficient (Wildman–Crippen LogP) is 4.85. The largest absolute Gasteiger partial charge is 0.388 e. The van der Waals surface area contributed by atoms with Gasteiger partial charge in [-0.25, -0.2) is 0 Å². The third kappa shape index (κ3) is 3.23. The Morgan fingerprint density at radius 2 is 1.65 bits per heavy atom. The summed E-state index contributed by atoms with van der Waals surface area (Å²) in [7, 11) is 0. The summed E-state index contributed by atoms with van der Waals surface area (Å²) >= 11 is 6.12. The highest BCUT2D eigenvalue weighted by Gasteiger charge is 2.14. The minimum Gasteiger partial charge on any atom is -0.388 e. The summed E-state index contributed by atoms with van der Waals surface area (Å²) in [5.74, 6) is 0. The molecule has 0 aliphatic rings. The topological polar surface area (TPSA) is 20.2 Å². The van der Waals surface area contributed by atoms with Gasteiger partial charge in [-0.1, -0.05) is 41.4 Å². The number of aliphatic hydroxyl groups is 1. The Balaban J connectivity index is 2.30. The van der Waals surface area contributed by atoms with Gasteiger partial charge in [-0.15, -0.1) is 0 Å². The molecular formula is C18H21ClO. The normalized spacial score (nSPS) is 12.5. The van der Waals surface area contributed by atoms with E-state index in [0.717, 1.165) is 21.7 Å². The molecule has 0 amide bonds. The summed E-state index contributed by atoms with van der Waals surface area (Å²) in [6, 6.07) is 10.3. The molecule has 0 saturated heterocycles. The van der Waals surface area contributed by atoms with Gasteiger partial charge in [0.1, 0.15) is 0 Å². The van der Waals surface area contributed by atoms with Crippen LogP contribution in [0.25, 0.3) is 0 Å². The number of hydrogen-bond acceptors (Lipinski definition) is 1. The van der Waals surface area contributed by atoms with Crippen molar-refractivity contribution in [1.29, 1.82) is 0 Å². The van der Waals surface area contributed by atoms with E-state index in [-0.39, 0.29) is 0 Å². The molecule has 0 saturated carbocycles. The maximum Gasteiger partial charge on any atom is 0.0833 e. The van der Waals surface area contributed by atoms with Crippen molar-refractivity contribution in [3.05, 3.63) is 68.7 Å². The van der Waals surface area contributed by atoms with Gasteiger partial charge in [0, 0.05) is 11.4 Å². The van der Waals surface area contributed by atoms with Crippen LogP contribution < -0.4 is 0 Å². The molecule has 1 unspecified atom stereocenters. The van der Waals surface area contributed by atoms with Gasteiger partial charge in [-0.05, 0) is 61.6 Å². The van der Waals surface area contributed by atoms with Crippen LogP contribution in [0, 0.1) is 27.7 Å². The maximum atomic E-state index is 10.5. The molecule has 1 atom stereocenters. The average molecular weight is 289 g/mol. The van der Waals surface area contributed by atoms with Crippen molar-refractivity contribution in [1.82, 2.24) is 0 Å². The monoisotopic (exact) mass is 288 g/mol. The molecule has 1 N–H and O–H groups in total. The van der Waals surface area contributed by atoms with Gasteiger partial charge >= 0.3 is 0 Å². The SMILES string of the molecule is Cc1ccc(C)c(CC(O)c2cc(C)c(Cl)cc2C)c1. The lowest BCUT2D eigenvalue weighted by molar-refractivity contribution is 0.177. The van der Waals surface area contributed by atoms with E-state index in [2.05, 4.69) is 32.0 Å². The van der Waals surface area contributed by atoms with Crippen LogP contribution in [0.5, 0.6) is 0 Å². The molecule has 0 aliphatic heterocycles. The summed E-state index contributed by atoms with van der Waals surface area (Å²) in [5.41, 5.74) is 6.66. The van der Waals surface area contributed by atoms with Crippen LogP contribution in [0.3, 0.4) is 0 Å². The highest BCUT2D eigenvalue weighted by molar-refractivity contribution is 6.31. The highest BCUT2D eigenvalue weighted by Crippen LogP contribution is 2.28. The van der Waals surface area contributed by atoms with Crippen LogP contribution in [0.1, 0.15) is 39.5 Å². The number of hydrogen-bond donors (Lipinski definition) is 1. The van der Waals surface area contributed by atoms with Crippen LogP contribution >= 0.6 is 11.6 Å². The Morgan fingerprint density at radius 3 is 2.35 bits per heavy atom. The molecular weight excluding hydrogens is 268 g/mol. The molecule has 2 aromatic rings. The first-order valence-corrected chi connectivity index (χ1v) is 7.27. The van der Waals surface area contributed by atoms with Crippen LogP contribution in [-0.4, -0.2) is 5.11 Å². The second kappa shape index (κ2) is 5.99. The lowest BCUT2D eigenvalue weighted by Gasteiger charge is -2.17. The minimum atomic E-state index is -0.494. The van der Waals surface area contributed by atoms with Gasteiger partial charge in [-0.2, -0.15) is 0 Å². The maximum absolute atomic E-state index is 10.5. The van der Waals surface area contributed by atoms with Gasteiger partial charge < -0.3 is 5.11 Å². The van der Waals surface area contributed by atoms with Crippen molar-refractivity contribution < 1.29 is 5.11 Å². The Hall–Kier alpha value is -1.31. The van der Waals surface area contributed by atoms with E-state index in [0.29, 0.717) is 6.42 Å². The zero-order chi connectivity index (χ0) is 14.9. The van der Waals surface area contributed by atoms with Crippen molar-refractivity contribution in [3.8, 4) is 0 Å².